The summed E-state index contributed by atoms with van der Waals surface area (Å²) in [5, 5.41) is 0. The standard InChI is InChI=1S/C24H30O2/c1-3-23-9-7-17-16-6-5-15(25)12-18(16)14(2)11-19(17)22(23)20-13-21(20)24(23)8-4-10-26-24/h4,8,17,19-22H,2-3,5-7,9-13H2,1H3/t17?,19?,20?,21?,22?,23-,24-/m0/s1. The number of Topliss-reactive ketones (excluding diaryl/α,β-unsaturated/α-hetero) is 1. The van der Waals surface area contributed by atoms with Crippen molar-refractivity contribution in [2.75, 3.05) is 6.61 Å². The predicted octanol–water partition coefficient (Wildman–Crippen LogP) is 5.01. The number of fused-ring (bicyclic) bond motifs is 8. The summed E-state index contributed by atoms with van der Waals surface area (Å²) in [5.74, 6) is 4.31. The van der Waals surface area contributed by atoms with E-state index in [1.165, 1.54) is 36.8 Å². The van der Waals surface area contributed by atoms with Gasteiger partial charge in [-0.25, -0.2) is 0 Å². The van der Waals surface area contributed by atoms with Gasteiger partial charge in [0.2, 0.25) is 0 Å². The molecule has 1 spiro atoms. The van der Waals surface area contributed by atoms with Gasteiger partial charge in [-0.1, -0.05) is 36.8 Å². The quantitative estimate of drug-likeness (QED) is 0.621. The zero-order valence-corrected chi connectivity index (χ0v) is 15.9. The Balaban J connectivity index is 1.44. The molecule has 6 rings (SSSR count). The Morgan fingerprint density at radius 2 is 2.19 bits per heavy atom. The molecule has 0 bridgehead atoms. The molecule has 3 fully saturated rings. The van der Waals surface area contributed by atoms with Gasteiger partial charge in [0.1, 0.15) is 5.78 Å². The van der Waals surface area contributed by atoms with E-state index in [1.54, 1.807) is 5.57 Å². The Labute approximate surface area is 156 Å². The number of ether oxygens (including phenoxy) is 1. The van der Waals surface area contributed by atoms with Gasteiger partial charge in [-0.05, 0) is 73.7 Å². The van der Waals surface area contributed by atoms with Crippen molar-refractivity contribution >= 4 is 5.78 Å². The molecule has 0 amide bonds. The molecule has 0 aromatic carbocycles. The van der Waals surface area contributed by atoms with E-state index in [4.69, 9.17) is 4.74 Å². The monoisotopic (exact) mass is 350 g/mol. The van der Waals surface area contributed by atoms with Crippen LogP contribution in [0.15, 0.2) is 35.5 Å². The van der Waals surface area contributed by atoms with Crippen LogP contribution in [0.1, 0.15) is 58.3 Å². The van der Waals surface area contributed by atoms with E-state index in [9.17, 15) is 4.79 Å². The maximum absolute atomic E-state index is 12.0. The number of allylic oxidation sites excluding steroid dienone is 3. The van der Waals surface area contributed by atoms with Gasteiger partial charge in [-0.15, -0.1) is 0 Å². The molecule has 3 saturated carbocycles. The summed E-state index contributed by atoms with van der Waals surface area (Å²) in [6.07, 6.45) is 13.6. The van der Waals surface area contributed by atoms with Crippen molar-refractivity contribution in [1.82, 2.24) is 0 Å². The zero-order valence-electron chi connectivity index (χ0n) is 15.9. The molecular formula is C24H30O2. The van der Waals surface area contributed by atoms with E-state index in [0.29, 0.717) is 17.6 Å². The molecule has 26 heavy (non-hydrogen) atoms. The first kappa shape index (κ1) is 15.9. The molecule has 0 saturated heterocycles. The summed E-state index contributed by atoms with van der Waals surface area (Å²) in [4.78, 5) is 12.0. The van der Waals surface area contributed by atoms with Crippen molar-refractivity contribution in [2.45, 2.75) is 63.9 Å². The molecule has 5 aliphatic carbocycles. The molecule has 7 atom stereocenters. The highest BCUT2D eigenvalue weighted by Gasteiger charge is 2.77. The van der Waals surface area contributed by atoms with E-state index < -0.39 is 0 Å². The van der Waals surface area contributed by atoms with Crippen LogP contribution in [0.3, 0.4) is 0 Å². The van der Waals surface area contributed by atoms with Crippen LogP contribution >= 0.6 is 0 Å². The van der Waals surface area contributed by atoms with Gasteiger partial charge in [0.15, 0.2) is 0 Å². The SMILES string of the molecule is C=C1CC2C(CC[C@@]3(CC)C2C2CC2[C@@]32C=CCO2)C2=C1CC(=O)CC2. The molecule has 1 heterocycles. The second-order valence-electron chi connectivity index (χ2n) is 9.88. The largest absolute Gasteiger partial charge is 0.366 e. The van der Waals surface area contributed by atoms with Crippen LogP contribution in [0.4, 0.5) is 0 Å². The first-order valence-electron chi connectivity index (χ1n) is 10.8. The average molecular weight is 351 g/mol. The van der Waals surface area contributed by atoms with Crippen LogP contribution in [0.25, 0.3) is 0 Å². The third-order valence-electron chi connectivity index (χ3n) is 9.35. The molecule has 2 nitrogen and oxygen atoms in total. The Hall–Kier alpha value is -1.15. The predicted molar refractivity (Wildman–Crippen MR) is 101 cm³/mol. The summed E-state index contributed by atoms with van der Waals surface area (Å²) < 4.78 is 6.56. The lowest BCUT2D eigenvalue weighted by atomic mass is 9.49. The third kappa shape index (κ3) is 1.67. The second-order valence-corrected chi connectivity index (χ2v) is 9.88. The van der Waals surface area contributed by atoms with Crippen LogP contribution in [0, 0.1) is 35.0 Å². The van der Waals surface area contributed by atoms with E-state index >= 15 is 0 Å². The lowest BCUT2D eigenvalue weighted by Gasteiger charge is -2.57. The Morgan fingerprint density at radius 1 is 1.31 bits per heavy atom. The normalized spacial score (nSPS) is 51.3. The van der Waals surface area contributed by atoms with Crippen LogP contribution < -0.4 is 0 Å². The Bertz CT molecular complexity index is 773. The van der Waals surface area contributed by atoms with Gasteiger partial charge in [0, 0.05) is 18.3 Å². The van der Waals surface area contributed by atoms with Crippen LogP contribution in [0.5, 0.6) is 0 Å². The number of carbonyl (C=O) groups excluding carboxylic acids is 1. The highest BCUT2D eigenvalue weighted by Crippen LogP contribution is 2.78. The minimum absolute atomic E-state index is 0.0422. The first-order valence-corrected chi connectivity index (χ1v) is 10.8. The molecule has 0 N–H and O–H groups in total. The minimum atomic E-state index is 0.0422. The molecular weight excluding hydrogens is 320 g/mol. The van der Waals surface area contributed by atoms with Crippen LogP contribution in [-0.2, 0) is 9.53 Å². The van der Waals surface area contributed by atoms with Crippen LogP contribution in [0.2, 0.25) is 0 Å². The average Bonchev–Trinajstić information content (AvgIpc) is 3.21. The van der Waals surface area contributed by atoms with Crippen molar-refractivity contribution in [3.05, 3.63) is 35.5 Å². The summed E-state index contributed by atoms with van der Waals surface area (Å²) in [6, 6.07) is 0. The van der Waals surface area contributed by atoms with Crippen molar-refractivity contribution in [3.8, 4) is 0 Å². The van der Waals surface area contributed by atoms with Crippen molar-refractivity contribution in [1.29, 1.82) is 0 Å². The number of carbonyl (C=O) groups is 1. The van der Waals surface area contributed by atoms with Gasteiger partial charge in [0.05, 0.1) is 12.2 Å². The maximum Gasteiger partial charge on any atom is 0.137 e. The summed E-state index contributed by atoms with van der Waals surface area (Å²) in [6.45, 7) is 7.69. The highest BCUT2D eigenvalue weighted by molar-refractivity contribution is 5.84. The Kier molecular flexibility index (Phi) is 3.06. The summed E-state index contributed by atoms with van der Waals surface area (Å²) in [7, 11) is 0. The van der Waals surface area contributed by atoms with Gasteiger partial charge < -0.3 is 4.74 Å². The summed E-state index contributed by atoms with van der Waals surface area (Å²) in [5.41, 5.74) is 4.68. The zero-order chi connectivity index (χ0) is 17.7. The lowest BCUT2D eigenvalue weighted by Crippen LogP contribution is -2.55. The lowest BCUT2D eigenvalue weighted by molar-refractivity contribution is -0.133. The first-order chi connectivity index (χ1) is 12.6. The van der Waals surface area contributed by atoms with E-state index in [1.807, 2.05) is 0 Å². The van der Waals surface area contributed by atoms with E-state index in [0.717, 1.165) is 55.5 Å². The maximum atomic E-state index is 12.0. The highest BCUT2D eigenvalue weighted by atomic mass is 16.5. The van der Waals surface area contributed by atoms with Crippen molar-refractivity contribution < 1.29 is 9.53 Å². The molecule has 5 unspecified atom stereocenters. The fraction of sp³-hybridized carbons (Fsp3) is 0.708. The fourth-order valence-corrected chi connectivity index (χ4v) is 8.49. The number of rotatable bonds is 1. The molecule has 2 heteroatoms. The number of hydrogen-bond acceptors (Lipinski definition) is 2. The van der Waals surface area contributed by atoms with Gasteiger partial charge >= 0.3 is 0 Å². The molecule has 0 aromatic heterocycles. The smallest absolute Gasteiger partial charge is 0.137 e. The van der Waals surface area contributed by atoms with Gasteiger partial charge in [0.25, 0.3) is 0 Å². The van der Waals surface area contributed by atoms with Gasteiger partial charge in [-0.2, -0.15) is 0 Å². The van der Waals surface area contributed by atoms with E-state index in [2.05, 4.69) is 25.7 Å². The molecule has 1 aliphatic heterocycles. The molecule has 6 aliphatic rings. The van der Waals surface area contributed by atoms with Crippen LogP contribution in [-0.4, -0.2) is 18.0 Å². The fourth-order valence-electron chi connectivity index (χ4n) is 8.49. The van der Waals surface area contributed by atoms with E-state index in [-0.39, 0.29) is 5.60 Å². The topological polar surface area (TPSA) is 26.3 Å². The third-order valence-corrected chi connectivity index (χ3v) is 9.35. The van der Waals surface area contributed by atoms with Crippen molar-refractivity contribution in [3.63, 3.8) is 0 Å². The molecule has 0 aromatic rings. The minimum Gasteiger partial charge on any atom is -0.366 e. The second kappa shape index (κ2) is 5.01. The summed E-state index contributed by atoms with van der Waals surface area (Å²) >= 11 is 0. The number of hydrogen-bond donors (Lipinski definition) is 0. The van der Waals surface area contributed by atoms with Crippen molar-refractivity contribution in [2.24, 2.45) is 35.0 Å². The Morgan fingerprint density at radius 3 is 2.96 bits per heavy atom. The molecule has 138 valence electrons. The number of ketones is 1. The van der Waals surface area contributed by atoms with Gasteiger partial charge in [-0.3, -0.25) is 4.79 Å². The molecule has 0 radical (unpaired) electrons.